The Morgan fingerprint density at radius 3 is 2.56 bits per heavy atom. The summed E-state index contributed by atoms with van der Waals surface area (Å²) in [6.07, 6.45) is 5.16. The molecule has 104 valence electrons. The molecule has 18 heavy (non-hydrogen) atoms. The van der Waals surface area contributed by atoms with Crippen LogP contribution in [0.1, 0.15) is 52.4 Å². The van der Waals surface area contributed by atoms with E-state index in [0.29, 0.717) is 12.3 Å². The quantitative estimate of drug-likeness (QED) is 0.705. The molecule has 1 rings (SSSR count). The molecule has 1 fully saturated rings. The van der Waals surface area contributed by atoms with Crippen LogP contribution >= 0.6 is 0 Å². The first-order valence-corrected chi connectivity index (χ1v) is 6.81. The summed E-state index contributed by atoms with van der Waals surface area (Å²) in [4.78, 5) is 22.4. The first-order valence-electron chi connectivity index (χ1n) is 6.81. The molecule has 0 aromatic rings. The Balaban J connectivity index is 2.37. The highest BCUT2D eigenvalue weighted by molar-refractivity contribution is 5.76. The van der Waals surface area contributed by atoms with E-state index in [1.807, 2.05) is 6.92 Å². The lowest BCUT2D eigenvalue weighted by atomic mass is 9.86. The Morgan fingerprint density at radius 1 is 1.33 bits per heavy atom. The predicted octanol–water partition coefficient (Wildman–Crippen LogP) is 2.12. The van der Waals surface area contributed by atoms with Crippen molar-refractivity contribution in [1.29, 1.82) is 0 Å². The van der Waals surface area contributed by atoms with Crippen LogP contribution in [0.5, 0.6) is 0 Å². The van der Waals surface area contributed by atoms with Gasteiger partial charge < -0.3 is 15.7 Å². The van der Waals surface area contributed by atoms with Crippen LogP contribution in [0.3, 0.4) is 0 Å². The average Bonchev–Trinajstić information content (AvgIpc) is 2.30. The van der Waals surface area contributed by atoms with Crippen LogP contribution in [0.2, 0.25) is 0 Å². The molecule has 2 amide bonds. The van der Waals surface area contributed by atoms with E-state index in [-0.39, 0.29) is 24.5 Å². The number of urea groups is 1. The van der Waals surface area contributed by atoms with Gasteiger partial charge in [-0.1, -0.05) is 26.7 Å². The molecule has 0 bridgehead atoms. The summed E-state index contributed by atoms with van der Waals surface area (Å²) in [6, 6.07) is -0.302. The van der Waals surface area contributed by atoms with Gasteiger partial charge in [-0.15, -0.1) is 0 Å². The fourth-order valence-corrected chi connectivity index (χ4v) is 2.43. The van der Waals surface area contributed by atoms with Gasteiger partial charge in [0.2, 0.25) is 0 Å². The molecule has 0 aromatic carbocycles. The van der Waals surface area contributed by atoms with Crippen molar-refractivity contribution in [2.75, 3.05) is 0 Å². The van der Waals surface area contributed by atoms with E-state index >= 15 is 0 Å². The van der Waals surface area contributed by atoms with Crippen molar-refractivity contribution >= 4 is 12.0 Å². The van der Waals surface area contributed by atoms with Gasteiger partial charge in [0.15, 0.2) is 0 Å². The van der Waals surface area contributed by atoms with Crippen molar-refractivity contribution in [3.8, 4) is 0 Å². The molecule has 5 nitrogen and oxygen atoms in total. The van der Waals surface area contributed by atoms with Crippen LogP contribution < -0.4 is 10.6 Å². The highest BCUT2D eigenvalue weighted by Gasteiger charge is 2.23. The molecular formula is C13H24N2O3. The highest BCUT2D eigenvalue weighted by atomic mass is 16.4. The second-order valence-corrected chi connectivity index (χ2v) is 5.19. The maximum atomic E-state index is 11.8. The second kappa shape index (κ2) is 7.24. The molecule has 3 unspecified atom stereocenters. The molecule has 1 saturated carbocycles. The van der Waals surface area contributed by atoms with Crippen molar-refractivity contribution in [3.63, 3.8) is 0 Å². The number of carbonyl (C=O) groups is 2. The standard InChI is InChI=1S/C13H24N2O3/c1-3-10(8-12(16)17)14-13(18)15-11-7-5-4-6-9(11)2/h9-11H,3-8H2,1-2H3,(H,16,17)(H2,14,15,18). The minimum atomic E-state index is -0.881. The molecule has 0 saturated heterocycles. The number of nitrogens with one attached hydrogen (secondary N) is 2. The third-order valence-electron chi connectivity index (χ3n) is 3.68. The molecule has 1 aliphatic rings. The smallest absolute Gasteiger partial charge is 0.315 e. The minimum Gasteiger partial charge on any atom is -0.481 e. The number of rotatable bonds is 5. The van der Waals surface area contributed by atoms with Gasteiger partial charge >= 0.3 is 12.0 Å². The zero-order chi connectivity index (χ0) is 13.5. The normalized spacial score (nSPS) is 25.2. The summed E-state index contributed by atoms with van der Waals surface area (Å²) in [5, 5.41) is 14.4. The van der Waals surface area contributed by atoms with E-state index in [4.69, 9.17) is 5.11 Å². The molecule has 5 heteroatoms. The number of amides is 2. The molecule has 0 spiro atoms. The van der Waals surface area contributed by atoms with Gasteiger partial charge in [0, 0.05) is 12.1 Å². The largest absolute Gasteiger partial charge is 0.481 e. The predicted molar refractivity (Wildman–Crippen MR) is 69.4 cm³/mol. The molecule has 0 aromatic heterocycles. The van der Waals surface area contributed by atoms with E-state index in [9.17, 15) is 9.59 Å². The molecule has 1 aliphatic carbocycles. The molecule has 0 aliphatic heterocycles. The van der Waals surface area contributed by atoms with Gasteiger partial charge in [0.05, 0.1) is 6.42 Å². The van der Waals surface area contributed by atoms with Gasteiger partial charge in [-0.05, 0) is 25.2 Å². The van der Waals surface area contributed by atoms with Crippen molar-refractivity contribution in [1.82, 2.24) is 10.6 Å². The first-order chi connectivity index (χ1) is 8.52. The number of aliphatic carboxylic acids is 1. The van der Waals surface area contributed by atoms with Gasteiger partial charge in [0.25, 0.3) is 0 Å². The Bertz CT molecular complexity index is 294. The van der Waals surface area contributed by atoms with E-state index in [2.05, 4.69) is 17.6 Å². The van der Waals surface area contributed by atoms with Crippen LogP contribution in [0, 0.1) is 5.92 Å². The van der Waals surface area contributed by atoms with E-state index in [0.717, 1.165) is 19.3 Å². The summed E-state index contributed by atoms with van der Waals surface area (Å²) in [6.45, 7) is 4.02. The minimum absolute atomic E-state index is 0.0237. The lowest BCUT2D eigenvalue weighted by molar-refractivity contribution is -0.137. The van der Waals surface area contributed by atoms with E-state index < -0.39 is 5.97 Å². The third kappa shape index (κ3) is 4.94. The van der Waals surface area contributed by atoms with Crippen molar-refractivity contribution in [3.05, 3.63) is 0 Å². The maximum absolute atomic E-state index is 11.8. The topological polar surface area (TPSA) is 78.4 Å². The van der Waals surface area contributed by atoms with Crippen molar-refractivity contribution < 1.29 is 14.7 Å². The first kappa shape index (κ1) is 14.8. The molecule has 0 radical (unpaired) electrons. The summed E-state index contributed by atoms with van der Waals surface area (Å²) < 4.78 is 0. The van der Waals surface area contributed by atoms with Crippen LogP contribution in [0.15, 0.2) is 0 Å². The lowest BCUT2D eigenvalue weighted by Gasteiger charge is -2.30. The molecular weight excluding hydrogens is 232 g/mol. The lowest BCUT2D eigenvalue weighted by Crippen LogP contribution is -2.49. The van der Waals surface area contributed by atoms with Gasteiger partial charge in [0.1, 0.15) is 0 Å². The number of carboxylic acid groups (broad SMARTS) is 1. The van der Waals surface area contributed by atoms with Gasteiger partial charge in [-0.2, -0.15) is 0 Å². The number of carbonyl (C=O) groups excluding carboxylic acids is 1. The second-order valence-electron chi connectivity index (χ2n) is 5.19. The Kier molecular flexibility index (Phi) is 5.95. The zero-order valence-corrected chi connectivity index (χ0v) is 11.2. The Morgan fingerprint density at radius 2 is 2.00 bits per heavy atom. The average molecular weight is 256 g/mol. The van der Waals surface area contributed by atoms with Gasteiger partial charge in [-0.3, -0.25) is 4.79 Å². The number of hydrogen-bond donors (Lipinski definition) is 3. The number of hydrogen-bond acceptors (Lipinski definition) is 2. The molecule has 3 N–H and O–H groups in total. The summed E-state index contributed by atoms with van der Waals surface area (Å²) in [7, 11) is 0. The Hall–Kier alpha value is -1.26. The third-order valence-corrected chi connectivity index (χ3v) is 3.68. The Labute approximate surface area is 108 Å². The van der Waals surface area contributed by atoms with Crippen molar-refractivity contribution in [2.24, 2.45) is 5.92 Å². The SMILES string of the molecule is CCC(CC(=O)O)NC(=O)NC1CCCCC1C. The van der Waals surface area contributed by atoms with Crippen LogP contribution in [-0.2, 0) is 4.79 Å². The summed E-state index contributed by atoms with van der Waals surface area (Å²) >= 11 is 0. The summed E-state index contributed by atoms with van der Waals surface area (Å²) in [5.41, 5.74) is 0. The van der Waals surface area contributed by atoms with Crippen LogP contribution in [0.4, 0.5) is 4.79 Å². The highest BCUT2D eigenvalue weighted by Crippen LogP contribution is 2.23. The van der Waals surface area contributed by atoms with Gasteiger partial charge in [-0.25, -0.2) is 4.79 Å². The maximum Gasteiger partial charge on any atom is 0.315 e. The fraction of sp³-hybridized carbons (Fsp3) is 0.846. The zero-order valence-electron chi connectivity index (χ0n) is 11.2. The van der Waals surface area contributed by atoms with E-state index in [1.54, 1.807) is 0 Å². The molecule has 0 heterocycles. The fourth-order valence-electron chi connectivity index (χ4n) is 2.43. The van der Waals surface area contributed by atoms with Crippen molar-refractivity contribution in [2.45, 2.75) is 64.5 Å². The summed E-state index contributed by atoms with van der Waals surface area (Å²) in [5.74, 6) is -0.378. The van der Waals surface area contributed by atoms with Crippen LogP contribution in [-0.4, -0.2) is 29.2 Å². The molecule has 3 atom stereocenters. The monoisotopic (exact) mass is 256 g/mol. The van der Waals surface area contributed by atoms with Crippen LogP contribution in [0.25, 0.3) is 0 Å². The number of carboxylic acids is 1. The van der Waals surface area contributed by atoms with E-state index in [1.165, 1.54) is 6.42 Å².